The molecule has 4 rings (SSSR count). The molecule has 0 amide bonds. The molecule has 0 aliphatic heterocycles. The Morgan fingerprint density at radius 3 is 0.909 bits per heavy atom. The van der Waals surface area contributed by atoms with Crippen LogP contribution in [0.15, 0.2) is 48.5 Å². The number of hydrogen-bond donors (Lipinski definition) is 0. The minimum atomic E-state index is 1.33. The first-order valence-corrected chi connectivity index (χ1v) is 8.38. The maximum atomic E-state index is 2.28. The molecule has 0 aliphatic rings. The molecule has 0 aromatic heterocycles. The molecule has 0 atom stereocenters. The summed E-state index contributed by atoms with van der Waals surface area (Å²) in [5.41, 5.74) is 2.66. The Hall–Kier alpha value is -2.08. The highest BCUT2D eigenvalue weighted by Crippen LogP contribution is 2.35. The number of hydrogen-bond acceptors (Lipinski definition) is 0. The summed E-state index contributed by atoms with van der Waals surface area (Å²) in [5.74, 6) is 0. The Balaban J connectivity index is 0.000000410. The molecule has 22 heavy (non-hydrogen) atoms. The molecule has 4 aromatic rings. The first-order chi connectivity index (χ1) is 10.7. The topological polar surface area (TPSA) is 0 Å². The predicted molar refractivity (Wildman–Crippen MR) is 102 cm³/mol. The second-order valence-corrected chi connectivity index (χ2v) is 5.30. The third-order valence-corrected chi connectivity index (χ3v) is 3.82. The van der Waals surface area contributed by atoms with Crippen molar-refractivity contribution < 1.29 is 0 Å². The molecule has 114 valence electrons. The lowest BCUT2D eigenvalue weighted by atomic mass is 9.92. The van der Waals surface area contributed by atoms with Crippen LogP contribution in [-0.4, -0.2) is 0 Å². The summed E-state index contributed by atoms with van der Waals surface area (Å²) >= 11 is 0. The first-order valence-electron chi connectivity index (χ1n) is 8.38. The van der Waals surface area contributed by atoms with E-state index >= 15 is 0 Å². The Kier molecular flexibility index (Phi) is 5.03. The van der Waals surface area contributed by atoms with E-state index in [9.17, 15) is 0 Å². The van der Waals surface area contributed by atoms with Gasteiger partial charge in [-0.15, -0.1) is 0 Å². The van der Waals surface area contributed by atoms with Crippen molar-refractivity contribution in [3.05, 3.63) is 59.7 Å². The quantitative estimate of drug-likeness (QED) is 0.299. The van der Waals surface area contributed by atoms with Crippen LogP contribution in [0.4, 0.5) is 0 Å². The van der Waals surface area contributed by atoms with E-state index in [-0.39, 0.29) is 0 Å². The van der Waals surface area contributed by atoms with Crippen LogP contribution in [-0.2, 0) is 0 Å². The van der Waals surface area contributed by atoms with Gasteiger partial charge in [0.1, 0.15) is 0 Å². The third-order valence-electron chi connectivity index (χ3n) is 3.82. The zero-order valence-electron chi connectivity index (χ0n) is 14.6. The molecule has 0 saturated heterocycles. The summed E-state index contributed by atoms with van der Waals surface area (Å²) < 4.78 is 0. The van der Waals surface area contributed by atoms with Gasteiger partial charge in [0.2, 0.25) is 0 Å². The molecule has 0 spiro atoms. The van der Waals surface area contributed by atoms with Gasteiger partial charge in [0.15, 0.2) is 0 Å². The summed E-state index contributed by atoms with van der Waals surface area (Å²) in [5, 5.41) is 8.24. The lowest BCUT2D eigenvalue weighted by Gasteiger charge is -2.12. The van der Waals surface area contributed by atoms with Gasteiger partial charge in [0.05, 0.1) is 0 Å². The Morgan fingerprint density at radius 2 is 0.682 bits per heavy atom. The predicted octanol–water partition coefficient (Wildman–Crippen LogP) is 7.25. The van der Waals surface area contributed by atoms with Crippen LogP contribution in [0.1, 0.15) is 38.8 Å². The Morgan fingerprint density at radius 1 is 0.455 bits per heavy atom. The van der Waals surface area contributed by atoms with Crippen molar-refractivity contribution in [3.63, 3.8) is 0 Å². The van der Waals surface area contributed by atoms with Crippen molar-refractivity contribution in [2.24, 2.45) is 0 Å². The van der Waals surface area contributed by atoms with E-state index in [1.165, 1.54) is 43.4 Å². The summed E-state index contributed by atoms with van der Waals surface area (Å²) in [6.45, 7) is 12.3. The molecule has 0 fully saturated rings. The average molecular weight is 290 g/mol. The lowest BCUT2D eigenvalue weighted by Crippen LogP contribution is -1.86. The zero-order valence-corrected chi connectivity index (χ0v) is 14.6. The molecular formula is C22H26. The van der Waals surface area contributed by atoms with Crippen LogP contribution in [0, 0.1) is 13.8 Å². The molecule has 0 nitrogen and oxygen atoms in total. The van der Waals surface area contributed by atoms with Gasteiger partial charge in [-0.1, -0.05) is 76.2 Å². The highest BCUT2D eigenvalue weighted by molar-refractivity contribution is 6.23. The minimum Gasteiger partial charge on any atom is -0.0683 e. The van der Waals surface area contributed by atoms with Crippen molar-refractivity contribution in [2.75, 3.05) is 0 Å². The lowest BCUT2D eigenvalue weighted by molar-refractivity contribution is 1.50. The number of aryl methyl sites for hydroxylation is 2. The van der Waals surface area contributed by atoms with Crippen LogP contribution < -0.4 is 0 Å². The second-order valence-electron chi connectivity index (χ2n) is 5.30. The highest BCUT2D eigenvalue weighted by atomic mass is 14.1. The summed E-state index contributed by atoms with van der Waals surface area (Å²) in [6, 6.07) is 18.1. The summed E-state index contributed by atoms with van der Waals surface area (Å²) in [4.78, 5) is 0. The van der Waals surface area contributed by atoms with Gasteiger partial charge in [-0.05, 0) is 57.3 Å². The first kappa shape index (κ1) is 16.3. The number of benzene rings is 4. The Labute approximate surface area is 134 Å². The molecule has 0 bridgehead atoms. The smallest absolute Gasteiger partial charge is 0.00266 e. The van der Waals surface area contributed by atoms with Crippen LogP contribution in [0.3, 0.4) is 0 Å². The largest absolute Gasteiger partial charge is 0.0683 e. The molecule has 0 heterocycles. The van der Waals surface area contributed by atoms with E-state index < -0.39 is 0 Å². The van der Waals surface area contributed by atoms with E-state index in [0.29, 0.717) is 0 Å². The van der Waals surface area contributed by atoms with E-state index in [4.69, 9.17) is 0 Å². The Bertz CT molecular complexity index is 743. The van der Waals surface area contributed by atoms with Gasteiger partial charge in [0.25, 0.3) is 0 Å². The average Bonchev–Trinajstić information content (AvgIpc) is 2.55. The van der Waals surface area contributed by atoms with Gasteiger partial charge in [-0.25, -0.2) is 0 Å². The van der Waals surface area contributed by atoms with Gasteiger partial charge >= 0.3 is 0 Å². The van der Waals surface area contributed by atoms with Crippen molar-refractivity contribution in [1.82, 2.24) is 0 Å². The van der Waals surface area contributed by atoms with Crippen molar-refractivity contribution >= 4 is 32.3 Å². The fourth-order valence-electron chi connectivity index (χ4n) is 3.15. The van der Waals surface area contributed by atoms with E-state index in [0.717, 1.165) is 0 Å². The molecule has 0 aliphatic carbocycles. The monoisotopic (exact) mass is 290 g/mol. The van der Waals surface area contributed by atoms with Gasteiger partial charge in [-0.3, -0.25) is 0 Å². The fourth-order valence-corrected chi connectivity index (χ4v) is 3.15. The fraction of sp³-hybridized carbons (Fsp3) is 0.273. The maximum absolute atomic E-state index is 2.28. The normalized spacial score (nSPS) is 10.3. The molecule has 0 radical (unpaired) electrons. The van der Waals surface area contributed by atoms with Crippen LogP contribution >= 0.6 is 0 Å². The third kappa shape index (κ3) is 2.66. The summed E-state index contributed by atoms with van der Waals surface area (Å²) in [6.07, 6.45) is 0. The van der Waals surface area contributed by atoms with Crippen LogP contribution in [0.25, 0.3) is 32.3 Å². The van der Waals surface area contributed by atoms with E-state index in [1.54, 1.807) is 0 Å². The van der Waals surface area contributed by atoms with Crippen LogP contribution in [0.5, 0.6) is 0 Å². The maximum Gasteiger partial charge on any atom is -0.00266 e. The molecule has 0 N–H and O–H groups in total. The SMILES string of the molecule is CC.CC.Cc1cc2ccc3cc(C)cc4ccc(c1)c2c34. The van der Waals surface area contributed by atoms with E-state index in [2.05, 4.69) is 62.4 Å². The van der Waals surface area contributed by atoms with Crippen molar-refractivity contribution in [1.29, 1.82) is 0 Å². The van der Waals surface area contributed by atoms with Gasteiger partial charge in [0, 0.05) is 0 Å². The molecule has 0 saturated carbocycles. The molecule has 0 heteroatoms. The van der Waals surface area contributed by atoms with Crippen molar-refractivity contribution in [2.45, 2.75) is 41.5 Å². The van der Waals surface area contributed by atoms with Gasteiger partial charge in [-0.2, -0.15) is 0 Å². The van der Waals surface area contributed by atoms with Gasteiger partial charge < -0.3 is 0 Å². The second kappa shape index (κ2) is 6.79. The standard InChI is InChI=1S/C18H14.2C2H6/c1-11-7-13-3-5-15-9-12(2)10-16-6-4-14(8-11)17(13)18(15)16;2*1-2/h3-10H,1-2H3;2*1-2H3. The zero-order chi connectivity index (χ0) is 16.3. The van der Waals surface area contributed by atoms with Crippen molar-refractivity contribution in [3.8, 4) is 0 Å². The minimum absolute atomic E-state index is 1.33. The molecular weight excluding hydrogens is 264 g/mol. The summed E-state index contributed by atoms with van der Waals surface area (Å²) in [7, 11) is 0. The molecule has 0 unspecified atom stereocenters. The van der Waals surface area contributed by atoms with E-state index in [1.807, 2.05) is 27.7 Å². The highest BCUT2D eigenvalue weighted by Gasteiger charge is 2.08. The molecule has 4 aromatic carbocycles. The number of rotatable bonds is 0. The van der Waals surface area contributed by atoms with Crippen LogP contribution in [0.2, 0.25) is 0 Å².